The van der Waals surface area contributed by atoms with Crippen molar-refractivity contribution in [3.05, 3.63) is 58.7 Å². The van der Waals surface area contributed by atoms with Gasteiger partial charge < -0.3 is 40.4 Å². The Bertz CT molecular complexity index is 927. The van der Waals surface area contributed by atoms with Crippen molar-refractivity contribution < 1.29 is 34.6 Å². The van der Waals surface area contributed by atoms with E-state index in [2.05, 4.69) is 31.2 Å². The number of hydrogen-bond donors (Lipinski definition) is 5. The smallest absolute Gasteiger partial charge is 0.127 e. The van der Waals surface area contributed by atoms with Crippen molar-refractivity contribution >= 4 is 5.69 Å². The molecule has 0 amide bonds. The Morgan fingerprint density at radius 3 is 2.39 bits per heavy atom. The Balaban J connectivity index is 1.70. The molecule has 0 saturated carbocycles. The molecule has 0 bridgehead atoms. The van der Waals surface area contributed by atoms with Crippen LogP contribution in [0.3, 0.4) is 0 Å². The number of aliphatic hydroxyl groups is 4. The maximum absolute atomic E-state index is 10.7. The van der Waals surface area contributed by atoms with Crippen LogP contribution in [0.2, 0.25) is 0 Å². The van der Waals surface area contributed by atoms with Crippen molar-refractivity contribution in [3.63, 3.8) is 0 Å². The number of hydrogen-bond acceptors (Lipinski definition) is 8. The predicted octanol–water partition coefficient (Wildman–Crippen LogP) is 1.10. The molecule has 0 aromatic heterocycles. The third-order valence-electron chi connectivity index (χ3n) is 6.48. The second-order valence-corrected chi connectivity index (χ2v) is 8.79. The Morgan fingerprint density at radius 1 is 1.03 bits per heavy atom. The minimum absolute atomic E-state index is 0.166. The van der Waals surface area contributed by atoms with Gasteiger partial charge in [-0.25, -0.2) is 0 Å². The monoisotopic (exact) mass is 459 g/mol. The maximum atomic E-state index is 10.7. The number of aliphatic hydroxyl groups excluding tert-OH is 4. The molecule has 8 heteroatoms. The molecule has 2 aliphatic rings. The van der Waals surface area contributed by atoms with E-state index in [1.54, 1.807) is 6.07 Å². The first-order chi connectivity index (χ1) is 15.9. The summed E-state index contributed by atoms with van der Waals surface area (Å²) < 4.78 is 17.4. The van der Waals surface area contributed by atoms with Crippen LogP contribution in [0, 0.1) is 0 Å². The molecule has 0 aliphatic carbocycles. The lowest BCUT2D eigenvalue weighted by atomic mass is 9.89. The fourth-order valence-electron chi connectivity index (χ4n) is 4.39. The van der Waals surface area contributed by atoms with E-state index in [0.717, 1.165) is 24.0 Å². The van der Waals surface area contributed by atoms with Gasteiger partial charge in [0, 0.05) is 23.7 Å². The second kappa shape index (κ2) is 10.4. The first kappa shape index (κ1) is 23.9. The van der Waals surface area contributed by atoms with Crippen LogP contribution in [-0.4, -0.2) is 70.8 Å². The molecule has 2 aromatic rings. The van der Waals surface area contributed by atoms with Gasteiger partial charge in [-0.3, -0.25) is 0 Å². The topological polar surface area (TPSA) is 135 Å². The van der Waals surface area contributed by atoms with E-state index >= 15 is 0 Å². The molecule has 2 fully saturated rings. The first-order valence-electron chi connectivity index (χ1n) is 11.5. The maximum Gasteiger partial charge on any atom is 0.127 e. The average Bonchev–Trinajstić information content (AvgIpc) is 3.33. The van der Waals surface area contributed by atoms with Gasteiger partial charge >= 0.3 is 0 Å². The number of ether oxygens (including phenoxy) is 3. The number of benzene rings is 2. The minimum atomic E-state index is -1.48. The Hall–Kier alpha value is -2.20. The molecule has 2 saturated heterocycles. The lowest BCUT2D eigenvalue weighted by Crippen LogP contribution is -2.55. The molecule has 6 N–H and O–H groups in total. The van der Waals surface area contributed by atoms with Crippen molar-refractivity contribution in [2.45, 2.75) is 62.8 Å². The molecule has 8 nitrogen and oxygen atoms in total. The minimum Gasteiger partial charge on any atom is -0.487 e. The molecule has 2 heterocycles. The van der Waals surface area contributed by atoms with E-state index in [-0.39, 0.29) is 6.10 Å². The van der Waals surface area contributed by atoms with Gasteiger partial charge in [0.1, 0.15) is 42.4 Å². The number of aryl methyl sites for hydroxylation is 1. The summed E-state index contributed by atoms with van der Waals surface area (Å²) in [5.41, 5.74) is 10.6. The van der Waals surface area contributed by atoms with Crippen LogP contribution >= 0.6 is 0 Å². The standard InChI is InChI=1S/C25H33NO7/c1-2-14-3-5-15(6-4-14)9-16-10-18(20(11-19(16)26)32-17-7-8-31-13-17)25-24(30)23(29)22(28)21(12-27)33-25/h3-6,10-11,17,21-25,27-30H,2,7-9,12-13,26H2,1H3/t17-,21-,22-,23+,24-,25+/m1/s1. The van der Waals surface area contributed by atoms with E-state index in [0.29, 0.717) is 36.6 Å². The van der Waals surface area contributed by atoms with Gasteiger partial charge in [0.05, 0.1) is 19.8 Å². The summed E-state index contributed by atoms with van der Waals surface area (Å²) >= 11 is 0. The molecule has 6 atom stereocenters. The van der Waals surface area contributed by atoms with Gasteiger partial charge in [-0.15, -0.1) is 0 Å². The van der Waals surface area contributed by atoms with Crippen molar-refractivity contribution in [1.29, 1.82) is 0 Å². The van der Waals surface area contributed by atoms with Crippen LogP contribution in [0.1, 0.15) is 41.7 Å². The third kappa shape index (κ3) is 5.16. The van der Waals surface area contributed by atoms with Crippen molar-refractivity contribution in [2.24, 2.45) is 0 Å². The lowest BCUT2D eigenvalue weighted by Gasteiger charge is -2.40. The number of nitrogens with two attached hydrogens (primary N) is 1. The SMILES string of the molecule is CCc1ccc(Cc2cc([C@@H]3O[C@H](CO)[C@@H](O)[C@H](O)[C@H]3O)c(O[C@@H]3CCOC3)cc2N)cc1. The summed E-state index contributed by atoms with van der Waals surface area (Å²) in [7, 11) is 0. The summed E-state index contributed by atoms with van der Waals surface area (Å²) in [4.78, 5) is 0. The molecule has 2 aliphatic heterocycles. The molecular weight excluding hydrogens is 426 g/mol. The van der Waals surface area contributed by atoms with Gasteiger partial charge in [-0.05, 0) is 35.6 Å². The van der Waals surface area contributed by atoms with Crippen LogP contribution in [0.25, 0.3) is 0 Å². The quantitative estimate of drug-likeness (QED) is 0.389. The van der Waals surface area contributed by atoms with E-state index in [1.165, 1.54) is 5.56 Å². The fourth-order valence-corrected chi connectivity index (χ4v) is 4.39. The van der Waals surface area contributed by atoms with E-state index in [1.807, 2.05) is 6.07 Å². The Morgan fingerprint density at radius 2 is 1.76 bits per heavy atom. The van der Waals surface area contributed by atoms with Gasteiger partial charge in [-0.1, -0.05) is 31.2 Å². The normalized spacial score (nSPS) is 29.8. The molecule has 0 spiro atoms. The second-order valence-electron chi connectivity index (χ2n) is 8.79. The zero-order valence-electron chi connectivity index (χ0n) is 18.8. The van der Waals surface area contributed by atoms with E-state index in [4.69, 9.17) is 19.9 Å². The molecule has 180 valence electrons. The molecule has 2 aromatic carbocycles. The van der Waals surface area contributed by atoms with Crippen molar-refractivity contribution in [3.8, 4) is 5.75 Å². The average molecular weight is 460 g/mol. The third-order valence-corrected chi connectivity index (χ3v) is 6.48. The lowest BCUT2D eigenvalue weighted by molar-refractivity contribution is -0.232. The Kier molecular flexibility index (Phi) is 7.53. The van der Waals surface area contributed by atoms with Crippen LogP contribution in [-0.2, 0) is 22.3 Å². The van der Waals surface area contributed by atoms with Crippen molar-refractivity contribution in [1.82, 2.24) is 0 Å². The highest BCUT2D eigenvalue weighted by Crippen LogP contribution is 2.40. The van der Waals surface area contributed by atoms with Crippen LogP contribution in [0.5, 0.6) is 5.75 Å². The summed E-state index contributed by atoms with van der Waals surface area (Å²) in [6.45, 7) is 2.65. The van der Waals surface area contributed by atoms with E-state index in [9.17, 15) is 20.4 Å². The van der Waals surface area contributed by atoms with Crippen LogP contribution < -0.4 is 10.5 Å². The summed E-state index contributed by atoms with van der Waals surface area (Å²) in [5.74, 6) is 0.428. The van der Waals surface area contributed by atoms with Gasteiger partial charge in [0.15, 0.2) is 0 Å². The summed E-state index contributed by atoms with van der Waals surface area (Å²) in [6.07, 6.45) is -4.28. The first-order valence-corrected chi connectivity index (χ1v) is 11.5. The number of rotatable bonds is 7. The summed E-state index contributed by atoms with van der Waals surface area (Å²) in [6, 6.07) is 11.8. The zero-order chi connectivity index (χ0) is 23.5. The van der Waals surface area contributed by atoms with Crippen LogP contribution in [0.4, 0.5) is 5.69 Å². The summed E-state index contributed by atoms with van der Waals surface area (Å²) in [5, 5.41) is 40.9. The van der Waals surface area contributed by atoms with Gasteiger partial charge in [0.2, 0.25) is 0 Å². The molecule has 0 radical (unpaired) electrons. The fraction of sp³-hybridized carbons (Fsp3) is 0.520. The number of anilines is 1. The largest absolute Gasteiger partial charge is 0.487 e. The van der Waals surface area contributed by atoms with E-state index < -0.39 is 37.1 Å². The number of nitrogen functional groups attached to an aromatic ring is 1. The highest BCUT2D eigenvalue weighted by Gasteiger charge is 2.45. The highest BCUT2D eigenvalue weighted by molar-refractivity contribution is 5.57. The zero-order valence-corrected chi connectivity index (χ0v) is 18.8. The van der Waals surface area contributed by atoms with Gasteiger partial charge in [-0.2, -0.15) is 0 Å². The van der Waals surface area contributed by atoms with Crippen molar-refractivity contribution in [2.75, 3.05) is 25.6 Å². The molecule has 4 rings (SSSR count). The Labute approximate surface area is 193 Å². The van der Waals surface area contributed by atoms with Gasteiger partial charge in [0.25, 0.3) is 0 Å². The molecule has 0 unspecified atom stereocenters. The van der Waals surface area contributed by atoms with Crippen LogP contribution in [0.15, 0.2) is 36.4 Å². The molecule has 33 heavy (non-hydrogen) atoms. The highest BCUT2D eigenvalue weighted by atomic mass is 16.6. The predicted molar refractivity (Wildman–Crippen MR) is 122 cm³/mol. The molecular formula is C25H33NO7.